The molecular weight excluding hydrogens is 296 g/mol. The van der Waals surface area contributed by atoms with E-state index in [1.165, 1.54) is 0 Å². The van der Waals surface area contributed by atoms with Crippen molar-refractivity contribution in [1.82, 2.24) is 4.90 Å². The summed E-state index contributed by atoms with van der Waals surface area (Å²) in [7, 11) is 3.16. The molecule has 2 N–H and O–H groups in total. The Balaban J connectivity index is 2.20. The van der Waals surface area contributed by atoms with Crippen LogP contribution in [0.2, 0.25) is 0 Å². The molecule has 126 valence electrons. The third-order valence-corrected chi connectivity index (χ3v) is 4.35. The number of nitrogens with two attached hydrogens (primary N) is 1. The number of likely N-dealkylation sites (tertiary alicyclic amines) is 1. The van der Waals surface area contributed by atoms with Gasteiger partial charge in [-0.2, -0.15) is 0 Å². The van der Waals surface area contributed by atoms with Crippen molar-refractivity contribution in [3.8, 4) is 5.75 Å². The second kappa shape index (κ2) is 7.46. The number of carbonyl (C=O) groups is 2. The van der Waals surface area contributed by atoms with Gasteiger partial charge < -0.3 is 20.1 Å². The molecule has 2 rings (SSSR count). The zero-order valence-electron chi connectivity index (χ0n) is 13.7. The maximum Gasteiger partial charge on any atom is 0.227 e. The molecule has 0 spiro atoms. The summed E-state index contributed by atoms with van der Waals surface area (Å²) in [4.78, 5) is 26.0. The molecule has 0 aliphatic carbocycles. The van der Waals surface area contributed by atoms with Gasteiger partial charge in [-0.25, -0.2) is 0 Å². The normalized spacial score (nSPS) is 20.5. The highest BCUT2D eigenvalue weighted by molar-refractivity contribution is 5.82. The van der Waals surface area contributed by atoms with Crippen molar-refractivity contribution in [1.29, 1.82) is 0 Å². The topological polar surface area (TPSA) is 81.9 Å². The van der Waals surface area contributed by atoms with Gasteiger partial charge in [-0.1, -0.05) is 18.2 Å². The molecule has 0 saturated carbocycles. The lowest BCUT2D eigenvalue weighted by Crippen LogP contribution is -2.53. The molecule has 1 aromatic rings. The number of benzene rings is 1. The highest BCUT2D eigenvalue weighted by atomic mass is 16.5. The summed E-state index contributed by atoms with van der Waals surface area (Å²) in [5.74, 6) is 0.233. The van der Waals surface area contributed by atoms with Crippen LogP contribution < -0.4 is 10.5 Å². The summed E-state index contributed by atoms with van der Waals surface area (Å²) in [5.41, 5.74) is 5.60. The average Bonchev–Trinajstić information content (AvgIpc) is 2.90. The van der Waals surface area contributed by atoms with Crippen LogP contribution >= 0.6 is 0 Å². The van der Waals surface area contributed by atoms with E-state index in [0.29, 0.717) is 18.9 Å². The molecule has 0 aromatic heterocycles. The minimum atomic E-state index is -0.625. The van der Waals surface area contributed by atoms with Crippen LogP contribution in [0.15, 0.2) is 24.3 Å². The monoisotopic (exact) mass is 320 g/mol. The molecule has 1 unspecified atom stereocenters. The third kappa shape index (κ3) is 3.82. The number of ether oxygens (including phenoxy) is 2. The second-order valence-corrected chi connectivity index (χ2v) is 5.94. The lowest BCUT2D eigenvalue weighted by atomic mass is 9.92. The quantitative estimate of drug-likeness (QED) is 0.816. The number of methoxy groups -OCH3 is 2. The minimum absolute atomic E-state index is 0.0368. The van der Waals surface area contributed by atoms with E-state index < -0.39 is 11.4 Å². The Morgan fingerprint density at radius 2 is 2.04 bits per heavy atom. The van der Waals surface area contributed by atoms with Crippen LogP contribution in [0.25, 0.3) is 0 Å². The van der Waals surface area contributed by atoms with Crippen LogP contribution in [0.5, 0.6) is 5.75 Å². The van der Waals surface area contributed by atoms with Crippen molar-refractivity contribution >= 4 is 11.8 Å². The lowest BCUT2D eigenvalue weighted by Gasteiger charge is -2.37. The van der Waals surface area contributed by atoms with Crippen molar-refractivity contribution in [2.75, 3.05) is 27.4 Å². The molecule has 0 bridgehead atoms. The summed E-state index contributed by atoms with van der Waals surface area (Å²) in [5, 5.41) is 0. The molecule has 0 radical (unpaired) electrons. The smallest absolute Gasteiger partial charge is 0.227 e. The van der Waals surface area contributed by atoms with E-state index in [2.05, 4.69) is 0 Å². The zero-order valence-corrected chi connectivity index (χ0v) is 13.7. The molecule has 6 heteroatoms. The Morgan fingerprint density at radius 3 is 2.70 bits per heavy atom. The molecule has 1 heterocycles. The number of hydrogen-bond acceptors (Lipinski definition) is 4. The van der Waals surface area contributed by atoms with Gasteiger partial charge in [0.15, 0.2) is 0 Å². The summed E-state index contributed by atoms with van der Waals surface area (Å²) < 4.78 is 10.6. The first-order valence-corrected chi connectivity index (χ1v) is 7.72. The van der Waals surface area contributed by atoms with Crippen LogP contribution in [0.3, 0.4) is 0 Å². The number of rotatable bonds is 7. The van der Waals surface area contributed by atoms with Gasteiger partial charge >= 0.3 is 0 Å². The van der Waals surface area contributed by atoms with E-state index in [0.717, 1.165) is 18.4 Å². The first-order chi connectivity index (χ1) is 11.0. The van der Waals surface area contributed by atoms with Gasteiger partial charge in [-0.3, -0.25) is 9.59 Å². The van der Waals surface area contributed by atoms with Crippen molar-refractivity contribution in [2.45, 2.75) is 31.2 Å². The highest BCUT2D eigenvalue weighted by Gasteiger charge is 2.44. The second-order valence-electron chi connectivity index (χ2n) is 5.94. The number of nitrogens with zero attached hydrogens (tertiary/aromatic N) is 1. The SMILES string of the molecule is COCC1(CC(N)=O)CCCN1C(=O)Cc1ccccc1OC. The fraction of sp³-hybridized carbons (Fsp3) is 0.529. The lowest BCUT2D eigenvalue weighted by molar-refractivity contribution is -0.138. The predicted octanol–water partition coefficient (Wildman–Crippen LogP) is 1.12. The maximum absolute atomic E-state index is 12.8. The van der Waals surface area contributed by atoms with Crippen LogP contribution in [0, 0.1) is 0 Å². The largest absolute Gasteiger partial charge is 0.496 e. The van der Waals surface area contributed by atoms with E-state index in [9.17, 15) is 9.59 Å². The zero-order chi connectivity index (χ0) is 16.9. The first-order valence-electron chi connectivity index (χ1n) is 7.72. The molecule has 1 atom stereocenters. The van der Waals surface area contributed by atoms with E-state index >= 15 is 0 Å². The van der Waals surface area contributed by atoms with Gasteiger partial charge in [-0.05, 0) is 18.9 Å². The van der Waals surface area contributed by atoms with E-state index in [4.69, 9.17) is 15.2 Å². The van der Waals surface area contributed by atoms with Gasteiger partial charge in [0.25, 0.3) is 0 Å². The van der Waals surface area contributed by atoms with E-state index in [1.54, 1.807) is 19.1 Å². The number of primary amides is 1. The van der Waals surface area contributed by atoms with Crippen molar-refractivity contribution in [3.05, 3.63) is 29.8 Å². The fourth-order valence-electron chi connectivity index (χ4n) is 3.41. The van der Waals surface area contributed by atoms with Crippen molar-refractivity contribution in [3.63, 3.8) is 0 Å². The standard InChI is InChI=1S/C17H24N2O4/c1-22-12-17(11-15(18)20)8-5-9-19(17)16(21)10-13-6-3-4-7-14(13)23-2/h3-4,6-7H,5,8-12H2,1-2H3,(H2,18,20). The van der Waals surface area contributed by atoms with Gasteiger partial charge in [0.05, 0.1) is 32.1 Å². The summed E-state index contributed by atoms with van der Waals surface area (Å²) in [6, 6.07) is 7.45. The molecule has 2 amide bonds. The first kappa shape index (κ1) is 17.3. The predicted molar refractivity (Wildman–Crippen MR) is 86.1 cm³/mol. The van der Waals surface area contributed by atoms with Gasteiger partial charge in [0.1, 0.15) is 5.75 Å². The Kier molecular flexibility index (Phi) is 5.60. The molecule has 1 fully saturated rings. The molecule has 1 aromatic carbocycles. The average molecular weight is 320 g/mol. The molecule has 6 nitrogen and oxygen atoms in total. The van der Waals surface area contributed by atoms with Crippen LogP contribution in [-0.4, -0.2) is 49.6 Å². The molecular formula is C17H24N2O4. The van der Waals surface area contributed by atoms with Crippen molar-refractivity contribution < 1.29 is 19.1 Å². The minimum Gasteiger partial charge on any atom is -0.496 e. The van der Waals surface area contributed by atoms with Gasteiger partial charge in [0.2, 0.25) is 11.8 Å². The Hall–Kier alpha value is -2.08. The summed E-state index contributed by atoms with van der Waals surface area (Å²) >= 11 is 0. The van der Waals surface area contributed by atoms with Gasteiger partial charge in [0, 0.05) is 19.2 Å². The number of hydrogen-bond donors (Lipinski definition) is 1. The maximum atomic E-state index is 12.8. The fourth-order valence-corrected chi connectivity index (χ4v) is 3.41. The van der Waals surface area contributed by atoms with Crippen LogP contribution in [0.1, 0.15) is 24.8 Å². The molecule has 1 aliphatic heterocycles. The Labute approximate surface area is 136 Å². The van der Waals surface area contributed by atoms with Crippen LogP contribution in [-0.2, 0) is 20.7 Å². The third-order valence-electron chi connectivity index (χ3n) is 4.35. The Bertz CT molecular complexity index is 575. The molecule has 23 heavy (non-hydrogen) atoms. The number of carbonyl (C=O) groups excluding carboxylic acids is 2. The van der Waals surface area contributed by atoms with Gasteiger partial charge in [-0.15, -0.1) is 0 Å². The summed E-state index contributed by atoms with van der Waals surface area (Å²) in [6.07, 6.45) is 1.92. The Morgan fingerprint density at radius 1 is 1.30 bits per heavy atom. The highest BCUT2D eigenvalue weighted by Crippen LogP contribution is 2.34. The number of amides is 2. The number of para-hydroxylation sites is 1. The van der Waals surface area contributed by atoms with Crippen molar-refractivity contribution in [2.24, 2.45) is 5.73 Å². The summed E-state index contributed by atoms with van der Waals surface area (Å²) in [6.45, 7) is 0.929. The van der Waals surface area contributed by atoms with Crippen LogP contribution in [0.4, 0.5) is 0 Å². The van der Waals surface area contributed by atoms with E-state index in [1.807, 2.05) is 24.3 Å². The van der Waals surface area contributed by atoms with E-state index in [-0.39, 0.29) is 18.7 Å². The molecule has 1 saturated heterocycles. The molecule has 1 aliphatic rings.